The van der Waals surface area contributed by atoms with Crippen LogP contribution in [0.1, 0.15) is 49.4 Å². The van der Waals surface area contributed by atoms with Crippen molar-refractivity contribution in [2.45, 2.75) is 45.1 Å². The van der Waals surface area contributed by atoms with Gasteiger partial charge in [-0.05, 0) is 37.3 Å². The molecule has 4 heteroatoms. The summed E-state index contributed by atoms with van der Waals surface area (Å²) in [6, 6.07) is 4.21. The molecule has 19 heavy (non-hydrogen) atoms. The van der Waals surface area contributed by atoms with Gasteiger partial charge in [-0.15, -0.1) is 0 Å². The first-order chi connectivity index (χ1) is 9.11. The van der Waals surface area contributed by atoms with E-state index >= 15 is 0 Å². The summed E-state index contributed by atoms with van der Waals surface area (Å²) >= 11 is 0. The topological polar surface area (TPSA) is 52.3 Å². The number of carbonyl (C=O) groups is 1. The molecule has 1 aromatic carbocycles. The molecule has 2 rings (SSSR count). The second-order valence-electron chi connectivity index (χ2n) is 5.17. The van der Waals surface area contributed by atoms with Crippen molar-refractivity contribution in [1.29, 1.82) is 0 Å². The number of hydrogen-bond donors (Lipinski definition) is 1. The number of rotatable bonds is 3. The van der Waals surface area contributed by atoms with Crippen LogP contribution in [-0.2, 0) is 4.74 Å². The largest absolute Gasteiger partial charge is 0.459 e. The molecule has 1 fully saturated rings. The smallest absolute Gasteiger partial charge is 0.340 e. The maximum Gasteiger partial charge on any atom is 0.340 e. The van der Waals surface area contributed by atoms with Gasteiger partial charge in [-0.25, -0.2) is 9.18 Å². The minimum Gasteiger partial charge on any atom is -0.459 e. The lowest BCUT2D eigenvalue weighted by Gasteiger charge is -2.28. The molecule has 2 N–H and O–H groups in total. The van der Waals surface area contributed by atoms with Crippen LogP contribution in [0.4, 0.5) is 10.1 Å². The fraction of sp³-hybridized carbons (Fsp3) is 0.533. The summed E-state index contributed by atoms with van der Waals surface area (Å²) in [6.45, 7) is 2.15. The van der Waals surface area contributed by atoms with Gasteiger partial charge < -0.3 is 10.5 Å². The molecule has 0 spiro atoms. The number of benzene rings is 1. The van der Waals surface area contributed by atoms with Crippen LogP contribution < -0.4 is 5.73 Å². The van der Waals surface area contributed by atoms with E-state index in [2.05, 4.69) is 6.92 Å². The highest BCUT2D eigenvalue weighted by atomic mass is 19.1. The fourth-order valence-corrected chi connectivity index (χ4v) is 2.65. The molecule has 0 saturated heterocycles. The highest BCUT2D eigenvalue weighted by Crippen LogP contribution is 2.29. The molecule has 0 radical (unpaired) electrons. The third-order valence-corrected chi connectivity index (χ3v) is 3.86. The quantitative estimate of drug-likeness (QED) is 0.672. The number of carbonyl (C=O) groups excluding carboxylic acids is 1. The molecular formula is C15H20FNO2. The normalized spacial score (nSPS) is 23.1. The van der Waals surface area contributed by atoms with E-state index < -0.39 is 11.8 Å². The number of esters is 1. The van der Waals surface area contributed by atoms with Crippen molar-refractivity contribution >= 4 is 11.7 Å². The van der Waals surface area contributed by atoms with Gasteiger partial charge in [0.2, 0.25) is 0 Å². The van der Waals surface area contributed by atoms with Gasteiger partial charge in [0.15, 0.2) is 0 Å². The van der Waals surface area contributed by atoms with Crippen LogP contribution in [0.5, 0.6) is 0 Å². The average molecular weight is 265 g/mol. The van der Waals surface area contributed by atoms with Crippen molar-refractivity contribution in [3.8, 4) is 0 Å². The van der Waals surface area contributed by atoms with Crippen molar-refractivity contribution in [3.63, 3.8) is 0 Å². The first-order valence-electron chi connectivity index (χ1n) is 6.86. The molecule has 1 aromatic rings. The summed E-state index contributed by atoms with van der Waals surface area (Å²) in [5, 5.41) is 0. The van der Waals surface area contributed by atoms with Gasteiger partial charge in [0, 0.05) is 0 Å². The number of para-hydroxylation sites is 1. The number of nitrogens with two attached hydrogens (primary N) is 1. The highest BCUT2D eigenvalue weighted by molar-refractivity contribution is 5.95. The summed E-state index contributed by atoms with van der Waals surface area (Å²) in [5.41, 5.74) is 5.56. The minimum absolute atomic E-state index is 0.0612. The van der Waals surface area contributed by atoms with E-state index in [0.29, 0.717) is 5.92 Å². The average Bonchev–Trinajstić information content (AvgIpc) is 2.42. The van der Waals surface area contributed by atoms with Gasteiger partial charge in [-0.1, -0.05) is 25.8 Å². The molecule has 3 nitrogen and oxygen atoms in total. The van der Waals surface area contributed by atoms with Crippen molar-refractivity contribution in [1.82, 2.24) is 0 Å². The third-order valence-electron chi connectivity index (χ3n) is 3.86. The summed E-state index contributed by atoms with van der Waals surface area (Å²) in [6.07, 6.45) is 5.11. The third kappa shape index (κ3) is 3.25. The molecule has 2 unspecified atom stereocenters. The Morgan fingerprint density at radius 1 is 1.47 bits per heavy atom. The lowest BCUT2D eigenvalue weighted by atomic mass is 9.85. The molecule has 0 amide bonds. The first-order valence-corrected chi connectivity index (χ1v) is 6.86. The van der Waals surface area contributed by atoms with E-state index in [4.69, 9.17) is 10.5 Å². The number of anilines is 1. The Hall–Kier alpha value is -1.58. The molecule has 0 bridgehead atoms. The molecule has 0 heterocycles. The minimum atomic E-state index is -0.579. The molecule has 2 atom stereocenters. The first kappa shape index (κ1) is 13.8. The Labute approximate surface area is 112 Å². The second kappa shape index (κ2) is 6.04. The zero-order chi connectivity index (χ0) is 13.8. The van der Waals surface area contributed by atoms with Gasteiger partial charge in [0.1, 0.15) is 11.9 Å². The van der Waals surface area contributed by atoms with Gasteiger partial charge in [-0.2, -0.15) is 0 Å². The SMILES string of the molecule is CCC1CCCC(OC(=O)c2cccc(F)c2N)C1. The highest BCUT2D eigenvalue weighted by Gasteiger charge is 2.25. The molecule has 0 aliphatic heterocycles. The van der Waals surface area contributed by atoms with E-state index in [9.17, 15) is 9.18 Å². The number of nitrogen functional groups attached to an aromatic ring is 1. The zero-order valence-electron chi connectivity index (χ0n) is 11.2. The molecule has 1 aliphatic rings. The lowest BCUT2D eigenvalue weighted by molar-refractivity contribution is 0.0141. The van der Waals surface area contributed by atoms with E-state index in [1.165, 1.54) is 24.6 Å². The number of halogens is 1. The van der Waals surface area contributed by atoms with Crippen LogP contribution in [0.2, 0.25) is 0 Å². The molecule has 104 valence electrons. The predicted octanol–water partition coefficient (Wildman–Crippen LogP) is 3.53. The maximum absolute atomic E-state index is 13.3. The Bertz CT molecular complexity index is 461. The zero-order valence-corrected chi connectivity index (χ0v) is 11.2. The van der Waals surface area contributed by atoms with Crippen LogP contribution in [0.3, 0.4) is 0 Å². The summed E-state index contributed by atoms with van der Waals surface area (Å²) in [5.74, 6) is -0.473. The van der Waals surface area contributed by atoms with Gasteiger partial charge in [0.25, 0.3) is 0 Å². The number of hydrogen-bond acceptors (Lipinski definition) is 3. The molecule has 0 aromatic heterocycles. The van der Waals surface area contributed by atoms with Crippen molar-refractivity contribution in [2.75, 3.05) is 5.73 Å². The van der Waals surface area contributed by atoms with Gasteiger partial charge >= 0.3 is 5.97 Å². The number of ether oxygens (including phenoxy) is 1. The van der Waals surface area contributed by atoms with Crippen molar-refractivity contribution in [3.05, 3.63) is 29.6 Å². The maximum atomic E-state index is 13.3. The second-order valence-corrected chi connectivity index (χ2v) is 5.17. The van der Waals surface area contributed by atoms with Gasteiger partial charge in [0.05, 0.1) is 11.3 Å². The Kier molecular flexibility index (Phi) is 4.40. The Morgan fingerprint density at radius 2 is 2.26 bits per heavy atom. The van der Waals surface area contributed by atoms with E-state index in [1.54, 1.807) is 0 Å². The Morgan fingerprint density at radius 3 is 3.00 bits per heavy atom. The van der Waals surface area contributed by atoms with E-state index in [1.807, 2.05) is 0 Å². The molecular weight excluding hydrogens is 245 g/mol. The van der Waals surface area contributed by atoms with Crippen LogP contribution in [0, 0.1) is 11.7 Å². The standard InChI is InChI=1S/C15H20FNO2/c1-2-10-5-3-6-11(9-10)19-15(18)12-7-4-8-13(16)14(12)17/h4,7-8,10-11H,2-3,5-6,9,17H2,1H3. The van der Waals surface area contributed by atoms with Crippen LogP contribution in [-0.4, -0.2) is 12.1 Å². The summed E-state index contributed by atoms with van der Waals surface area (Å²) < 4.78 is 18.8. The lowest BCUT2D eigenvalue weighted by Crippen LogP contribution is -2.25. The summed E-state index contributed by atoms with van der Waals surface area (Å²) in [4.78, 5) is 12.0. The van der Waals surface area contributed by atoms with Crippen molar-refractivity contribution in [2.24, 2.45) is 5.92 Å². The van der Waals surface area contributed by atoms with Crippen LogP contribution in [0.15, 0.2) is 18.2 Å². The monoisotopic (exact) mass is 265 g/mol. The van der Waals surface area contributed by atoms with E-state index in [-0.39, 0.29) is 17.4 Å². The van der Waals surface area contributed by atoms with Gasteiger partial charge in [-0.3, -0.25) is 0 Å². The molecule has 1 aliphatic carbocycles. The fourth-order valence-electron chi connectivity index (χ4n) is 2.65. The van der Waals surface area contributed by atoms with Crippen LogP contribution >= 0.6 is 0 Å². The molecule has 1 saturated carbocycles. The van der Waals surface area contributed by atoms with Crippen molar-refractivity contribution < 1.29 is 13.9 Å². The predicted molar refractivity (Wildman–Crippen MR) is 72.3 cm³/mol. The Balaban J connectivity index is 2.02. The summed E-state index contributed by atoms with van der Waals surface area (Å²) in [7, 11) is 0. The van der Waals surface area contributed by atoms with Crippen LogP contribution in [0.25, 0.3) is 0 Å². The van der Waals surface area contributed by atoms with E-state index in [0.717, 1.165) is 25.7 Å².